The molecule has 1 aliphatic rings. The molecule has 2 atom stereocenters. The average Bonchev–Trinajstić information content (AvgIpc) is 2.64. The predicted molar refractivity (Wildman–Crippen MR) is 101 cm³/mol. The monoisotopic (exact) mass is 337 g/mol. The molecule has 3 nitrogen and oxygen atoms in total. The Balaban J connectivity index is 1.95. The van der Waals surface area contributed by atoms with Crippen molar-refractivity contribution in [2.24, 2.45) is 5.92 Å². The van der Waals surface area contributed by atoms with Gasteiger partial charge < -0.3 is 5.11 Å². The van der Waals surface area contributed by atoms with Crippen molar-refractivity contribution in [2.45, 2.75) is 39.2 Å². The van der Waals surface area contributed by atoms with Crippen LogP contribution in [0.3, 0.4) is 0 Å². The number of carbonyl (C=O) groups is 1. The molecule has 0 bridgehead atoms. The van der Waals surface area contributed by atoms with E-state index in [0.29, 0.717) is 6.54 Å². The molecule has 0 radical (unpaired) electrons. The van der Waals surface area contributed by atoms with Gasteiger partial charge in [-0.1, -0.05) is 61.0 Å². The topological polar surface area (TPSA) is 40.5 Å². The molecule has 1 N–H and O–H groups in total. The molecule has 0 amide bonds. The lowest BCUT2D eigenvalue weighted by Crippen LogP contribution is -2.41. The molecule has 3 rings (SSSR count). The summed E-state index contributed by atoms with van der Waals surface area (Å²) in [6.07, 6.45) is 2.74. The number of aryl methyl sites for hydroxylation is 2. The molecule has 1 fully saturated rings. The molecule has 3 heteroatoms. The number of carboxylic acids is 1. The molecule has 2 aromatic rings. The molecule has 0 aromatic heterocycles. The Morgan fingerprint density at radius 1 is 1.12 bits per heavy atom. The van der Waals surface area contributed by atoms with E-state index in [9.17, 15) is 9.90 Å². The summed E-state index contributed by atoms with van der Waals surface area (Å²) in [4.78, 5) is 13.8. The van der Waals surface area contributed by atoms with Gasteiger partial charge in [-0.15, -0.1) is 0 Å². The molecular weight excluding hydrogens is 310 g/mol. The summed E-state index contributed by atoms with van der Waals surface area (Å²) in [5, 5.41) is 9.46. The van der Waals surface area contributed by atoms with Gasteiger partial charge in [0.15, 0.2) is 0 Å². The van der Waals surface area contributed by atoms with E-state index in [2.05, 4.69) is 67.3 Å². The highest BCUT2D eigenvalue weighted by Crippen LogP contribution is 2.33. The van der Waals surface area contributed by atoms with E-state index in [1.807, 2.05) is 0 Å². The smallest absolute Gasteiger partial charge is 0.307 e. The zero-order valence-corrected chi connectivity index (χ0v) is 15.1. The number of aliphatic carboxylic acids is 1. The van der Waals surface area contributed by atoms with Crippen molar-refractivity contribution >= 4 is 5.97 Å². The summed E-state index contributed by atoms with van der Waals surface area (Å²) in [6, 6.07) is 17.5. The lowest BCUT2D eigenvalue weighted by atomic mass is 9.90. The average molecular weight is 337 g/mol. The van der Waals surface area contributed by atoms with E-state index in [4.69, 9.17) is 0 Å². The van der Waals surface area contributed by atoms with Gasteiger partial charge in [-0.05, 0) is 49.4 Å². The van der Waals surface area contributed by atoms with Crippen LogP contribution in [-0.4, -0.2) is 29.1 Å². The Morgan fingerprint density at radius 2 is 1.72 bits per heavy atom. The summed E-state index contributed by atoms with van der Waals surface area (Å²) in [6.45, 7) is 5.81. The van der Waals surface area contributed by atoms with E-state index >= 15 is 0 Å². The fraction of sp³-hybridized carbons (Fsp3) is 0.409. The standard InChI is InChI=1S/C22H27NO2/c1-3-17-8-12-19(13-9-17)21(18-10-6-16(2)7-11-18)23-14-4-5-20(15-23)22(24)25/h6-13,20-21H,3-5,14-15H2,1-2H3,(H,24,25). The Kier molecular flexibility index (Phi) is 5.54. The number of hydrogen-bond donors (Lipinski definition) is 1. The van der Waals surface area contributed by atoms with Gasteiger partial charge in [-0.25, -0.2) is 0 Å². The van der Waals surface area contributed by atoms with Crippen LogP contribution in [0, 0.1) is 12.8 Å². The summed E-state index contributed by atoms with van der Waals surface area (Å²) < 4.78 is 0. The number of nitrogens with zero attached hydrogens (tertiary/aromatic N) is 1. The van der Waals surface area contributed by atoms with Crippen LogP contribution in [-0.2, 0) is 11.2 Å². The summed E-state index contributed by atoms with van der Waals surface area (Å²) in [5.74, 6) is -0.940. The largest absolute Gasteiger partial charge is 0.481 e. The normalized spacial score (nSPS) is 19.5. The number of likely N-dealkylation sites (tertiary alicyclic amines) is 1. The Bertz CT molecular complexity index is 706. The summed E-state index contributed by atoms with van der Waals surface area (Å²) >= 11 is 0. The molecule has 1 heterocycles. The summed E-state index contributed by atoms with van der Waals surface area (Å²) in [5.41, 5.74) is 5.05. The quantitative estimate of drug-likeness (QED) is 0.876. The van der Waals surface area contributed by atoms with Crippen LogP contribution in [0.15, 0.2) is 48.5 Å². The third-order valence-electron chi connectivity index (χ3n) is 5.26. The van der Waals surface area contributed by atoms with E-state index in [1.54, 1.807) is 0 Å². The SMILES string of the molecule is CCc1ccc(C(c2ccc(C)cc2)N2CCCC(C(=O)O)C2)cc1. The molecule has 0 spiro atoms. The Labute approximate surface area is 150 Å². The first-order valence-electron chi connectivity index (χ1n) is 9.20. The zero-order valence-electron chi connectivity index (χ0n) is 15.1. The maximum Gasteiger partial charge on any atom is 0.307 e. The van der Waals surface area contributed by atoms with Gasteiger partial charge in [0.2, 0.25) is 0 Å². The fourth-order valence-electron chi connectivity index (χ4n) is 3.74. The van der Waals surface area contributed by atoms with Gasteiger partial charge >= 0.3 is 5.97 Å². The predicted octanol–water partition coefficient (Wildman–Crippen LogP) is 4.44. The maximum atomic E-state index is 11.5. The van der Waals surface area contributed by atoms with Crippen LogP contribution in [0.4, 0.5) is 0 Å². The molecule has 132 valence electrons. The fourth-order valence-corrected chi connectivity index (χ4v) is 3.74. The van der Waals surface area contributed by atoms with E-state index in [1.165, 1.54) is 22.3 Å². The third-order valence-corrected chi connectivity index (χ3v) is 5.26. The second kappa shape index (κ2) is 7.83. The van der Waals surface area contributed by atoms with Crippen molar-refractivity contribution in [3.05, 3.63) is 70.8 Å². The minimum Gasteiger partial charge on any atom is -0.481 e. The van der Waals surface area contributed by atoms with E-state index in [-0.39, 0.29) is 12.0 Å². The van der Waals surface area contributed by atoms with Gasteiger partial charge in [0.05, 0.1) is 12.0 Å². The van der Waals surface area contributed by atoms with Crippen molar-refractivity contribution in [2.75, 3.05) is 13.1 Å². The Hall–Kier alpha value is -2.13. The minimum atomic E-state index is -0.673. The number of hydrogen-bond acceptors (Lipinski definition) is 2. The van der Waals surface area contributed by atoms with Crippen LogP contribution in [0.5, 0.6) is 0 Å². The van der Waals surface area contributed by atoms with Crippen molar-refractivity contribution in [3.8, 4) is 0 Å². The second-order valence-electron chi connectivity index (χ2n) is 7.08. The van der Waals surface area contributed by atoms with Gasteiger partial charge in [-0.3, -0.25) is 9.69 Å². The molecule has 0 saturated carbocycles. The van der Waals surface area contributed by atoms with Crippen LogP contribution in [0.1, 0.15) is 48.1 Å². The van der Waals surface area contributed by atoms with Gasteiger partial charge in [-0.2, -0.15) is 0 Å². The first kappa shape index (κ1) is 17.7. The van der Waals surface area contributed by atoms with E-state index < -0.39 is 5.97 Å². The molecule has 25 heavy (non-hydrogen) atoms. The van der Waals surface area contributed by atoms with E-state index in [0.717, 1.165) is 25.8 Å². The minimum absolute atomic E-state index is 0.119. The number of piperidine rings is 1. The molecule has 1 aliphatic heterocycles. The molecular formula is C22H27NO2. The van der Waals surface area contributed by atoms with Crippen LogP contribution < -0.4 is 0 Å². The molecule has 0 aliphatic carbocycles. The van der Waals surface area contributed by atoms with Crippen LogP contribution in [0.2, 0.25) is 0 Å². The number of carboxylic acid groups (broad SMARTS) is 1. The third kappa shape index (κ3) is 4.10. The first-order chi connectivity index (χ1) is 12.1. The molecule has 2 aromatic carbocycles. The van der Waals surface area contributed by atoms with Crippen LogP contribution in [0.25, 0.3) is 0 Å². The van der Waals surface area contributed by atoms with Gasteiger partial charge in [0, 0.05) is 6.54 Å². The molecule has 2 unspecified atom stereocenters. The number of rotatable bonds is 5. The van der Waals surface area contributed by atoms with Crippen molar-refractivity contribution in [1.29, 1.82) is 0 Å². The molecule has 1 saturated heterocycles. The van der Waals surface area contributed by atoms with Gasteiger partial charge in [0.1, 0.15) is 0 Å². The zero-order chi connectivity index (χ0) is 17.8. The Morgan fingerprint density at radius 3 is 2.28 bits per heavy atom. The lowest BCUT2D eigenvalue weighted by molar-refractivity contribution is -0.143. The second-order valence-corrected chi connectivity index (χ2v) is 7.08. The van der Waals surface area contributed by atoms with Crippen molar-refractivity contribution < 1.29 is 9.90 Å². The summed E-state index contributed by atoms with van der Waals surface area (Å²) in [7, 11) is 0. The van der Waals surface area contributed by atoms with Crippen molar-refractivity contribution in [3.63, 3.8) is 0 Å². The highest BCUT2D eigenvalue weighted by molar-refractivity contribution is 5.70. The lowest BCUT2D eigenvalue weighted by Gasteiger charge is -2.37. The highest BCUT2D eigenvalue weighted by Gasteiger charge is 2.31. The van der Waals surface area contributed by atoms with Crippen LogP contribution >= 0.6 is 0 Å². The maximum absolute atomic E-state index is 11.5. The number of benzene rings is 2. The highest BCUT2D eigenvalue weighted by atomic mass is 16.4. The van der Waals surface area contributed by atoms with Crippen molar-refractivity contribution in [1.82, 2.24) is 4.90 Å². The first-order valence-corrected chi connectivity index (χ1v) is 9.20. The van der Waals surface area contributed by atoms with Gasteiger partial charge in [0.25, 0.3) is 0 Å².